The van der Waals surface area contributed by atoms with Crippen molar-refractivity contribution < 1.29 is 13.2 Å². The van der Waals surface area contributed by atoms with Gasteiger partial charge in [-0.3, -0.25) is 14.7 Å². The van der Waals surface area contributed by atoms with Crippen LogP contribution in [0.25, 0.3) is 5.69 Å². The minimum atomic E-state index is -3.15. The smallest absolute Gasteiger partial charge is 0.253 e. The van der Waals surface area contributed by atoms with Crippen LogP contribution in [-0.4, -0.2) is 65.5 Å². The summed E-state index contributed by atoms with van der Waals surface area (Å²) < 4.78 is 26.7. The first-order valence-corrected chi connectivity index (χ1v) is 12.0. The van der Waals surface area contributed by atoms with Gasteiger partial charge in [0.2, 0.25) is 0 Å². The maximum Gasteiger partial charge on any atom is 0.253 e. The molecule has 2 aromatic heterocycles. The molecule has 2 atom stereocenters. The van der Waals surface area contributed by atoms with Crippen molar-refractivity contribution in [3.8, 4) is 5.69 Å². The zero-order valence-electron chi connectivity index (χ0n) is 17.0. The van der Waals surface area contributed by atoms with Crippen LogP contribution in [0.4, 0.5) is 0 Å². The third-order valence-corrected chi connectivity index (χ3v) is 7.80. The Kier molecular flexibility index (Phi) is 5.48. The van der Waals surface area contributed by atoms with Gasteiger partial charge in [0.15, 0.2) is 9.84 Å². The first-order valence-electron chi connectivity index (χ1n) is 10.2. The molecule has 2 aliphatic rings. The maximum atomic E-state index is 13.1. The van der Waals surface area contributed by atoms with Crippen LogP contribution < -0.4 is 5.32 Å². The molecule has 4 heterocycles. The van der Waals surface area contributed by atoms with Crippen LogP contribution >= 0.6 is 0 Å². The highest BCUT2D eigenvalue weighted by Crippen LogP contribution is 2.24. The van der Waals surface area contributed by atoms with Crippen molar-refractivity contribution in [3.05, 3.63) is 47.5 Å². The average Bonchev–Trinajstić information content (AvgIpc) is 3.18. The fourth-order valence-electron chi connectivity index (χ4n) is 4.70. The highest BCUT2D eigenvalue weighted by atomic mass is 32.2. The predicted octanol–water partition coefficient (Wildman–Crippen LogP) is 1.87. The van der Waals surface area contributed by atoms with Crippen molar-refractivity contribution in [1.29, 1.82) is 0 Å². The standard InChI is InChI=1S/C21H28N4O3S/c1-15-11-18(16(2)25(15)17-7-6-8-22-12-17)21(26)23-19-13-29(27,28)14-20(19)24-9-4-3-5-10-24/h6-8,11-12,19-20H,3-5,9-10,13-14H2,1-2H3,(H,23,26). The van der Waals surface area contributed by atoms with E-state index in [4.69, 9.17) is 0 Å². The Bertz CT molecular complexity index is 994. The second kappa shape index (κ2) is 7.91. The molecule has 0 spiro atoms. The number of carbonyl (C=O) groups is 1. The van der Waals surface area contributed by atoms with E-state index >= 15 is 0 Å². The van der Waals surface area contributed by atoms with Gasteiger partial charge in [0.25, 0.3) is 5.91 Å². The number of amides is 1. The van der Waals surface area contributed by atoms with Crippen molar-refractivity contribution in [1.82, 2.24) is 19.8 Å². The Hall–Kier alpha value is -2.19. The minimum absolute atomic E-state index is 0.0151. The SMILES string of the molecule is Cc1cc(C(=O)NC2CS(=O)(=O)CC2N2CCCCC2)c(C)n1-c1cccnc1. The van der Waals surface area contributed by atoms with Crippen LogP contribution in [0.1, 0.15) is 41.0 Å². The van der Waals surface area contributed by atoms with Gasteiger partial charge in [-0.2, -0.15) is 0 Å². The molecule has 4 rings (SSSR count). The number of carbonyl (C=O) groups excluding carboxylic acids is 1. The number of aromatic nitrogens is 2. The lowest BCUT2D eigenvalue weighted by Gasteiger charge is -2.35. The molecule has 0 aliphatic carbocycles. The van der Waals surface area contributed by atoms with E-state index in [-0.39, 0.29) is 29.5 Å². The van der Waals surface area contributed by atoms with Crippen LogP contribution in [0.5, 0.6) is 0 Å². The lowest BCUT2D eigenvalue weighted by molar-refractivity contribution is 0.0899. The molecule has 1 N–H and O–H groups in total. The fraction of sp³-hybridized carbons (Fsp3) is 0.524. The number of hydrogen-bond acceptors (Lipinski definition) is 5. The number of rotatable bonds is 4. The van der Waals surface area contributed by atoms with Gasteiger partial charge in [0, 0.05) is 23.6 Å². The van der Waals surface area contributed by atoms with Gasteiger partial charge < -0.3 is 9.88 Å². The zero-order chi connectivity index (χ0) is 20.6. The molecule has 0 bridgehead atoms. The normalized spacial score (nSPS) is 24.5. The average molecular weight is 417 g/mol. The quantitative estimate of drug-likeness (QED) is 0.823. The van der Waals surface area contributed by atoms with E-state index in [2.05, 4.69) is 15.2 Å². The largest absolute Gasteiger partial charge is 0.347 e. The summed E-state index contributed by atoms with van der Waals surface area (Å²) in [6.45, 7) is 5.67. The van der Waals surface area contributed by atoms with Gasteiger partial charge in [0.05, 0.1) is 35.0 Å². The molecule has 0 radical (unpaired) electrons. The van der Waals surface area contributed by atoms with Gasteiger partial charge in [-0.1, -0.05) is 6.42 Å². The molecule has 7 nitrogen and oxygen atoms in total. The summed E-state index contributed by atoms with van der Waals surface area (Å²) in [6.07, 6.45) is 6.84. The Balaban J connectivity index is 1.57. The van der Waals surface area contributed by atoms with Gasteiger partial charge in [0.1, 0.15) is 0 Å². The number of likely N-dealkylation sites (tertiary alicyclic amines) is 1. The summed E-state index contributed by atoms with van der Waals surface area (Å²) in [6, 6.07) is 5.17. The van der Waals surface area contributed by atoms with Crippen molar-refractivity contribution in [3.63, 3.8) is 0 Å². The summed E-state index contributed by atoms with van der Waals surface area (Å²) in [5.74, 6) is -0.0641. The first kappa shape index (κ1) is 20.1. The van der Waals surface area contributed by atoms with Crippen molar-refractivity contribution in [2.45, 2.75) is 45.2 Å². The highest BCUT2D eigenvalue weighted by Gasteiger charge is 2.42. The van der Waals surface area contributed by atoms with E-state index in [1.165, 1.54) is 6.42 Å². The Morgan fingerprint density at radius 2 is 1.93 bits per heavy atom. The van der Waals surface area contributed by atoms with Gasteiger partial charge >= 0.3 is 0 Å². The first-order chi connectivity index (χ1) is 13.9. The van der Waals surface area contributed by atoms with E-state index in [1.54, 1.807) is 12.4 Å². The molecule has 0 aromatic carbocycles. The predicted molar refractivity (Wildman–Crippen MR) is 112 cm³/mol. The van der Waals surface area contributed by atoms with E-state index in [0.717, 1.165) is 43.0 Å². The third-order valence-electron chi connectivity index (χ3n) is 6.08. The van der Waals surface area contributed by atoms with Crippen LogP contribution in [0.2, 0.25) is 0 Å². The Morgan fingerprint density at radius 1 is 1.17 bits per heavy atom. The second-order valence-electron chi connectivity index (χ2n) is 8.15. The molecule has 156 valence electrons. The van der Waals surface area contributed by atoms with E-state index in [1.807, 2.05) is 36.6 Å². The monoisotopic (exact) mass is 416 g/mol. The lowest BCUT2D eigenvalue weighted by Crippen LogP contribution is -2.52. The van der Waals surface area contributed by atoms with Crippen LogP contribution in [0.3, 0.4) is 0 Å². The molecule has 2 unspecified atom stereocenters. The summed E-state index contributed by atoms with van der Waals surface area (Å²) in [7, 11) is -3.15. The van der Waals surface area contributed by atoms with Gasteiger partial charge in [-0.25, -0.2) is 8.42 Å². The number of aryl methyl sites for hydroxylation is 1. The summed E-state index contributed by atoms with van der Waals surface area (Å²) in [4.78, 5) is 19.5. The molecule has 2 aromatic rings. The van der Waals surface area contributed by atoms with Crippen LogP contribution in [0, 0.1) is 13.8 Å². The number of nitrogens with one attached hydrogen (secondary N) is 1. The summed E-state index contributed by atoms with van der Waals surface area (Å²) >= 11 is 0. The highest BCUT2D eigenvalue weighted by molar-refractivity contribution is 7.91. The van der Waals surface area contributed by atoms with E-state index < -0.39 is 9.84 Å². The number of sulfone groups is 1. The zero-order valence-corrected chi connectivity index (χ0v) is 17.8. The molecular formula is C21H28N4O3S. The number of hydrogen-bond donors (Lipinski definition) is 1. The fourth-order valence-corrected chi connectivity index (χ4v) is 6.65. The summed E-state index contributed by atoms with van der Waals surface area (Å²) in [5, 5.41) is 3.04. The molecule has 1 amide bonds. The van der Waals surface area contributed by atoms with Gasteiger partial charge in [-0.15, -0.1) is 0 Å². The molecule has 2 fully saturated rings. The second-order valence-corrected chi connectivity index (χ2v) is 10.3. The minimum Gasteiger partial charge on any atom is -0.347 e. The Morgan fingerprint density at radius 3 is 2.62 bits per heavy atom. The lowest BCUT2D eigenvalue weighted by atomic mass is 10.0. The van der Waals surface area contributed by atoms with Crippen molar-refractivity contribution in [2.75, 3.05) is 24.6 Å². The molecule has 0 saturated carbocycles. The van der Waals surface area contributed by atoms with Crippen LogP contribution in [-0.2, 0) is 9.84 Å². The number of pyridine rings is 1. The van der Waals surface area contributed by atoms with E-state index in [9.17, 15) is 13.2 Å². The van der Waals surface area contributed by atoms with Crippen molar-refractivity contribution >= 4 is 15.7 Å². The Labute approximate surface area is 172 Å². The molecule has 8 heteroatoms. The van der Waals surface area contributed by atoms with Crippen LogP contribution in [0.15, 0.2) is 30.6 Å². The third kappa shape index (κ3) is 4.09. The molecule has 2 saturated heterocycles. The summed E-state index contributed by atoms with van der Waals surface area (Å²) in [5.41, 5.74) is 3.24. The molecule has 29 heavy (non-hydrogen) atoms. The van der Waals surface area contributed by atoms with Gasteiger partial charge in [-0.05, 0) is 58.0 Å². The topological polar surface area (TPSA) is 84.3 Å². The number of nitrogens with zero attached hydrogens (tertiary/aromatic N) is 3. The molecular weight excluding hydrogens is 388 g/mol. The van der Waals surface area contributed by atoms with E-state index in [0.29, 0.717) is 5.56 Å². The molecule has 2 aliphatic heterocycles. The van der Waals surface area contributed by atoms with Crippen molar-refractivity contribution in [2.24, 2.45) is 0 Å². The number of piperidine rings is 1. The maximum absolute atomic E-state index is 13.1.